The standard InChI is InChI=1S/C15H13ClO2/c1-10-9-11(18-2)7-8-12(10)15(17)13-5-3-4-6-14(13)16/h3-9H,1-2H3. The lowest BCUT2D eigenvalue weighted by Gasteiger charge is -2.08. The molecule has 0 aliphatic heterocycles. The summed E-state index contributed by atoms with van der Waals surface area (Å²) in [7, 11) is 1.60. The van der Waals surface area contributed by atoms with E-state index in [0.29, 0.717) is 16.1 Å². The molecule has 2 rings (SSSR count). The lowest BCUT2D eigenvalue weighted by molar-refractivity contribution is 0.103. The van der Waals surface area contributed by atoms with Crippen LogP contribution in [0.3, 0.4) is 0 Å². The van der Waals surface area contributed by atoms with Gasteiger partial charge in [0.15, 0.2) is 5.78 Å². The molecule has 0 N–H and O–H groups in total. The fraction of sp³-hybridized carbons (Fsp3) is 0.133. The van der Waals surface area contributed by atoms with Crippen molar-refractivity contribution in [3.8, 4) is 5.75 Å². The molecule has 3 heteroatoms. The first-order chi connectivity index (χ1) is 8.63. The van der Waals surface area contributed by atoms with Gasteiger partial charge in [-0.1, -0.05) is 23.7 Å². The second-order valence-corrected chi connectivity index (χ2v) is 4.40. The molecule has 0 aliphatic rings. The van der Waals surface area contributed by atoms with Crippen molar-refractivity contribution in [2.24, 2.45) is 0 Å². The van der Waals surface area contributed by atoms with Crippen LogP contribution >= 0.6 is 11.6 Å². The average molecular weight is 261 g/mol. The zero-order valence-corrected chi connectivity index (χ0v) is 11.0. The molecular weight excluding hydrogens is 248 g/mol. The van der Waals surface area contributed by atoms with E-state index in [1.54, 1.807) is 43.5 Å². The van der Waals surface area contributed by atoms with Gasteiger partial charge in [-0.25, -0.2) is 0 Å². The van der Waals surface area contributed by atoms with Crippen molar-refractivity contribution in [1.82, 2.24) is 0 Å². The molecule has 0 saturated carbocycles. The summed E-state index contributed by atoms with van der Waals surface area (Å²) in [6, 6.07) is 12.4. The number of aryl methyl sites for hydroxylation is 1. The molecule has 18 heavy (non-hydrogen) atoms. The number of hydrogen-bond donors (Lipinski definition) is 0. The first-order valence-corrected chi connectivity index (χ1v) is 5.95. The zero-order valence-electron chi connectivity index (χ0n) is 10.2. The predicted octanol–water partition coefficient (Wildman–Crippen LogP) is 3.89. The Morgan fingerprint density at radius 2 is 1.83 bits per heavy atom. The van der Waals surface area contributed by atoms with Crippen molar-refractivity contribution in [2.45, 2.75) is 6.92 Å². The summed E-state index contributed by atoms with van der Waals surface area (Å²) in [6.07, 6.45) is 0. The van der Waals surface area contributed by atoms with Gasteiger partial charge in [0.2, 0.25) is 0 Å². The first-order valence-electron chi connectivity index (χ1n) is 5.57. The summed E-state index contributed by atoms with van der Waals surface area (Å²) in [5.74, 6) is 0.670. The van der Waals surface area contributed by atoms with E-state index in [1.807, 2.05) is 13.0 Å². The molecule has 0 bridgehead atoms. The molecule has 0 heterocycles. The molecule has 2 aromatic rings. The third kappa shape index (κ3) is 2.39. The van der Waals surface area contributed by atoms with Gasteiger partial charge in [0.05, 0.1) is 12.1 Å². The highest BCUT2D eigenvalue weighted by Gasteiger charge is 2.14. The highest BCUT2D eigenvalue weighted by atomic mass is 35.5. The Morgan fingerprint density at radius 3 is 2.44 bits per heavy atom. The van der Waals surface area contributed by atoms with Gasteiger partial charge in [0, 0.05) is 11.1 Å². The van der Waals surface area contributed by atoms with E-state index in [0.717, 1.165) is 11.3 Å². The number of halogens is 1. The highest BCUT2D eigenvalue weighted by molar-refractivity contribution is 6.35. The molecule has 2 aromatic carbocycles. The van der Waals surface area contributed by atoms with Crippen molar-refractivity contribution >= 4 is 17.4 Å². The number of ketones is 1. The van der Waals surface area contributed by atoms with Crippen LogP contribution in [0.2, 0.25) is 5.02 Å². The topological polar surface area (TPSA) is 26.3 Å². The summed E-state index contributed by atoms with van der Waals surface area (Å²) >= 11 is 6.03. The maximum Gasteiger partial charge on any atom is 0.194 e. The summed E-state index contributed by atoms with van der Waals surface area (Å²) in [5.41, 5.74) is 2.04. The second kappa shape index (κ2) is 5.23. The van der Waals surface area contributed by atoms with Crippen LogP contribution < -0.4 is 4.74 Å². The van der Waals surface area contributed by atoms with E-state index in [4.69, 9.17) is 16.3 Å². The van der Waals surface area contributed by atoms with E-state index in [1.165, 1.54) is 0 Å². The van der Waals surface area contributed by atoms with Gasteiger partial charge >= 0.3 is 0 Å². The fourth-order valence-electron chi connectivity index (χ4n) is 1.81. The quantitative estimate of drug-likeness (QED) is 0.783. The number of methoxy groups -OCH3 is 1. The van der Waals surface area contributed by atoms with Gasteiger partial charge in [0.1, 0.15) is 5.75 Å². The summed E-state index contributed by atoms with van der Waals surface area (Å²) in [6.45, 7) is 1.88. The minimum Gasteiger partial charge on any atom is -0.497 e. The van der Waals surface area contributed by atoms with Crippen LogP contribution in [0.15, 0.2) is 42.5 Å². The Kier molecular flexibility index (Phi) is 3.68. The first kappa shape index (κ1) is 12.7. The number of rotatable bonds is 3. The SMILES string of the molecule is COc1ccc(C(=O)c2ccccc2Cl)c(C)c1. The zero-order chi connectivity index (χ0) is 13.1. The average Bonchev–Trinajstić information content (AvgIpc) is 2.38. The van der Waals surface area contributed by atoms with Crippen LogP contribution in [-0.4, -0.2) is 12.9 Å². The maximum absolute atomic E-state index is 12.4. The van der Waals surface area contributed by atoms with Crippen LogP contribution in [0.4, 0.5) is 0 Å². The number of benzene rings is 2. The third-order valence-electron chi connectivity index (χ3n) is 2.80. The number of carbonyl (C=O) groups excluding carboxylic acids is 1. The van der Waals surface area contributed by atoms with Gasteiger partial charge in [-0.3, -0.25) is 4.79 Å². The number of hydrogen-bond acceptors (Lipinski definition) is 2. The van der Waals surface area contributed by atoms with Gasteiger partial charge in [-0.15, -0.1) is 0 Å². The van der Waals surface area contributed by atoms with Gasteiger partial charge in [0.25, 0.3) is 0 Å². The Morgan fingerprint density at radius 1 is 1.11 bits per heavy atom. The van der Waals surface area contributed by atoms with E-state index in [-0.39, 0.29) is 5.78 Å². The number of carbonyl (C=O) groups is 1. The Bertz CT molecular complexity index is 591. The minimum atomic E-state index is -0.0687. The third-order valence-corrected chi connectivity index (χ3v) is 3.13. The van der Waals surface area contributed by atoms with Crippen molar-refractivity contribution in [3.05, 3.63) is 64.2 Å². The van der Waals surface area contributed by atoms with Crippen molar-refractivity contribution in [1.29, 1.82) is 0 Å². The molecular formula is C15H13ClO2. The fourth-order valence-corrected chi connectivity index (χ4v) is 2.03. The van der Waals surface area contributed by atoms with Gasteiger partial charge < -0.3 is 4.74 Å². The molecule has 0 fully saturated rings. The molecule has 0 radical (unpaired) electrons. The largest absolute Gasteiger partial charge is 0.497 e. The summed E-state index contributed by atoms with van der Waals surface area (Å²) in [4.78, 5) is 12.4. The smallest absolute Gasteiger partial charge is 0.194 e. The second-order valence-electron chi connectivity index (χ2n) is 3.99. The Balaban J connectivity index is 2.44. The molecule has 0 aromatic heterocycles. The van der Waals surface area contributed by atoms with E-state index >= 15 is 0 Å². The molecule has 0 unspecified atom stereocenters. The van der Waals surface area contributed by atoms with Crippen molar-refractivity contribution < 1.29 is 9.53 Å². The molecule has 0 saturated heterocycles. The summed E-state index contributed by atoms with van der Waals surface area (Å²) < 4.78 is 5.12. The lowest BCUT2D eigenvalue weighted by atomic mass is 9.99. The Labute approximate surface area is 111 Å². The van der Waals surface area contributed by atoms with E-state index in [9.17, 15) is 4.79 Å². The van der Waals surface area contributed by atoms with Crippen LogP contribution in [0.25, 0.3) is 0 Å². The van der Waals surface area contributed by atoms with Crippen LogP contribution in [0, 0.1) is 6.92 Å². The number of ether oxygens (including phenoxy) is 1. The highest BCUT2D eigenvalue weighted by Crippen LogP contribution is 2.23. The van der Waals surface area contributed by atoms with Crippen molar-refractivity contribution in [2.75, 3.05) is 7.11 Å². The predicted molar refractivity (Wildman–Crippen MR) is 72.6 cm³/mol. The molecule has 0 atom stereocenters. The maximum atomic E-state index is 12.4. The van der Waals surface area contributed by atoms with Crippen LogP contribution in [0.1, 0.15) is 21.5 Å². The minimum absolute atomic E-state index is 0.0687. The van der Waals surface area contributed by atoms with Crippen LogP contribution in [-0.2, 0) is 0 Å². The molecule has 0 aliphatic carbocycles. The van der Waals surface area contributed by atoms with Crippen molar-refractivity contribution in [3.63, 3.8) is 0 Å². The van der Waals surface area contributed by atoms with Gasteiger partial charge in [-0.2, -0.15) is 0 Å². The normalized spacial score (nSPS) is 10.2. The molecule has 92 valence electrons. The summed E-state index contributed by atoms with van der Waals surface area (Å²) in [5, 5.41) is 0.470. The lowest BCUT2D eigenvalue weighted by Crippen LogP contribution is -2.04. The van der Waals surface area contributed by atoms with Crippen LogP contribution in [0.5, 0.6) is 5.75 Å². The molecule has 0 spiro atoms. The van der Waals surface area contributed by atoms with E-state index < -0.39 is 0 Å². The monoisotopic (exact) mass is 260 g/mol. The molecule has 0 amide bonds. The van der Waals surface area contributed by atoms with Gasteiger partial charge in [-0.05, 0) is 42.8 Å². The van der Waals surface area contributed by atoms with E-state index in [2.05, 4.69) is 0 Å². The Hall–Kier alpha value is -1.80. The molecule has 2 nitrogen and oxygen atoms in total.